The zero-order valence-corrected chi connectivity index (χ0v) is 15.6. The predicted octanol–water partition coefficient (Wildman–Crippen LogP) is 2.82. The summed E-state index contributed by atoms with van der Waals surface area (Å²) in [6.07, 6.45) is 2.06. The molecule has 0 spiro atoms. The summed E-state index contributed by atoms with van der Waals surface area (Å²) in [5.41, 5.74) is 2.88. The summed E-state index contributed by atoms with van der Waals surface area (Å²) < 4.78 is 1.74. The van der Waals surface area contributed by atoms with Crippen LogP contribution in [0.5, 0.6) is 0 Å². The molecule has 1 saturated heterocycles. The van der Waals surface area contributed by atoms with Crippen LogP contribution in [0.4, 0.5) is 5.82 Å². The number of rotatable bonds is 2. The van der Waals surface area contributed by atoms with Gasteiger partial charge in [-0.05, 0) is 30.9 Å². The molecule has 1 N–H and O–H groups in total. The maximum atomic E-state index is 12.6. The lowest BCUT2D eigenvalue weighted by molar-refractivity contribution is -0.144. The third kappa shape index (κ3) is 3.23. The first-order chi connectivity index (χ1) is 12.6. The summed E-state index contributed by atoms with van der Waals surface area (Å²) in [4.78, 5) is 26.9. The summed E-state index contributed by atoms with van der Waals surface area (Å²) in [7, 11) is 0. The number of carbonyl (C=O) groups is 2. The Labute approximate surface area is 156 Å². The Morgan fingerprint density at radius 1 is 1.23 bits per heavy atom. The monoisotopic (exact) mass is 370 g/mol. The SMILES string of the molecule is C[C@H]1CCCN(C(=O)C(=O)Nc2c3c(nn2-c2ccccc2)CSC3)C1. The number of para-hydroxylation sites is 1. The minimum Gasteiger partial charge on any atom is -0.334 e. The fraction of sp³-hybridized carbons (Fsp3) is 0.421. The number of hydrogen-bond acceptors (Lipinski definition) is 4. The van der Waals surface area contributed by atoms with Gasteiger partial charge in [0, 0.05) is 30.2 Å². The highest BCUT2D eigenvalue weighted by Gasteiger charge is 2.30. The van der Waals surface area contributed by atoms with Crippen molar-refractivity contribution in [1.82, 2.24) is 14.7 Å². The van der Waals surface area contributed by atoms with Crippen LogP contribution in [0.25, 0.3) is 5.69 Å². The number of hydrogen-bond donors (Lipinski definition) is 1. The first-order valence-electron chi connectivity index (χ1n) is 8.97. The van der Waals surface area contributed by atoms with Gasteiger partial charge in [-0.25, -0.2) is 4.68 Å². The molecule has 0 radical (unpaired) electrons. The van der Waals surface area contributed by atoms with E-state index in [1.165, 1.54) is 0 Å². The minimum atomic E-state index is -0.573. The van der Waals surface area contributed by atoms with Crippen molar-refractivity contribution in [3.05, 3.63) is 41.6 Å². The van der Waals surface area contributed by atoms with Crippen LogP contribution in [0.2, 0.25) is 0 Å². The van der Waals surface area contributed by atoms with E-state index in [0.29, 0.717) is 24.8 Å². The Morgan fingerprint density at radius 2 is 2.04 bits per heavy atom. The molecule has 1 aromatic heterocycles. The van der Waals surface area contributed by atoms with Crippen molar-refractivity contribution >= 4 is 29.4 Å². The predicted molar refractivity (Wildman–Crippen MR) is 102 cm³/mol. The number of amides is 2. The number of nitrogens with zero attached hydrogens (tertiary/aromatic N) is 3. The third-order valence-electron chi connectivity index (χ3n) is 4.92. The van der Waals surface area contributed by atoms with Gasteiger partial charge in [-0.15, -0.1) is 0 Å². The second-order valence-electron chi connectivity index (χ2n) is 6.97. The highest BCUT2D eigenvalue weighted by atomic mass is 32.2. The summed E-state index contributed by atoms with van der Waals surface area (Å²) >= 11 is 1.77. The van der Waals surface area contributed by atoms with Gasteiger partial charge >= 0.3 is 11.8 Å². The number of thioether (sulfide) groups is 1. The molecule has 2 aromatic rings. The first kappa shape index (κ1) is 17.1. The Balaban J connectivity index is 1.59. The smallest absolute Gasteiger partial charge is 0.315 e. The Kier molecular flexibility index (Phi) is 4.72. The summed E-state index contributed by atoms with van der Waals surface area (Å²) in [6, 6.07) is 9.69. The summed E-state index contributed by atoms with van der Waals surface area (Å²) in [5, 5.41) is 7.51. The molecule has 1 aromatic carbocycles. The van der Waals surface area contributed by atoms with Crippen LogP contribution in [0, 0.1) is 5.92 Å². The van der Waals surface area contributed by atoms with Crippen molar-refractivity contribution in [3.8, 4) is 5.69 Å². The Bertz CT molecular complexity index is 834. The van der Waals surface area contributed by atoms with Gasteiger partial charge in [-0.2, -0.15) is 16.9 Å². The van der Waals surface area contributed by atoms with Crippen molar-refractivity contribution in [2.75, 3.05) is 18.4 Å². The highest BCUT2D eigenvalue weighted by Crippen LogP contribution is 2.36. The molecule has 26 heavy (non-hydrogen) atoms. The molecule has 4 rings (SSSR count). The molecule has 0 bridgehead atoms. The van der Waals surface area contributed by atoms with Crippen LogP contribution in [0.3, 0.4) is 0 Å². The number of anilines is 1. The van der Waals surface area contributed by atoms with E-state index in [9.17, 15) is 9.59 Å². The van der Waals surface area contributed by atoms with E-state index < -0.39 is 11.8 Å². The van der Waals surface area contributed by atoms with Crippen LogP contribution in [0.15, 0.2) is 30.3 Å². The molecule has 2 aliphatic heterocycles. The van der Waals surface area contributed by atoms with Crippen molar-refractivity contribution in [1.29, 1.82) is 0 Å². The lowest BCUT2D eigenvalue weighted by atomic mass is 10.0. The Hall–Kier alpha value is -2.28. The fourth-order valence-corrected chi connectivity index (χ4v) is 4.61. The van der Waals surface area contributed by atoms with Gasteiger partial charge in [0.25, 0.3) is 0 Å². The maximum absolute atomic E-state index is 12.6. The second kappa shape index (κ2) is 7.15. The van der Waals surface area contributed by atoms with E-state index in [1.54, 1.807) is 21.3 Å². The van der Waals surface area contributed by atoms with Crippen LogP contribution >= 0.6 is 11.8 Å². The minimum absolute atomic E-state index is 0.441. The number of piperidine rings is 1. The number of carbonyl (C=O) groups excluding carboxylic acids is 2. The van der Waals surface area contributed by atoms with Gasteiger partial charge < -0.3 is 10.2 Å². The molecule has 2 aliphatic rings. The second-order valence-corrected chi connectivity index (χ2v) is 7.95. The molecule has 0 unspecified atom stereocenters. The maximum Gasteiger partial charge on any atom is 0.315 e. The number of nitrogens with one attached hydrogen (secondary N) is 1. The molecule has 7 heteroatoms. The highest BCUT2D eigenvalue weighted by molar-refractivity contribution is 7.98. The summed E-state index contributed by atoms with van der Waals surface area (Å²) in [6.45, 7) is 3.42. The zero-order valence-electron chi connectivity index (χ0n) is 14.8. The average molecular weight is 370 g/mol. The molecule has 1 fully saturated rings. The molecule has 136 valence electrons. The number of benzene rings is 1. The quantitative estimate of drug-likeness (QED) is 0.826. The van der Waals surface area contributed by atoms with Gasteiger partial charge in [-0.1, -0.05) is 25.1 Å². The van der Waals surface area contributed by atoms with E-state index in [-0.39, 0.29) is 0 Å². The van der Waals surface area contributed by atoms with Gasteiger partial charge in [0.05, 0.1) is 11.4 Å². The lowest BCUT2D eigenvalue weighted by Crippen LogP contribution is -2.45. The molecular weight excluding hydrogens is 348 g/mol. The van der Waals surface area contributed by atoms with E-state index in [0.717, 1.165) is 41.3 Å². The van der Waals surface area contributed by atoms with E-state index in [1.807, 2.05) is 30.3 Å². The Morgan fingerprint density at radius 3 is 2.81 bits per heavy atom. The van der Waals surface area contributed by atoms with Gasteiger partial charge in [0.1, 0.15) is 5.82 Å². The van der Waals surface area contributed by atoms with E-state index in [4.69, 9.17) is 0 Å². The fourth-order valence-electron chi connectivity index (χ4n) is 3.58. The van der Waals surface area contributed by atoms with Crippen molar-refractivity contribution in [2.24, 2.45) is 5.92 Å². The van der Waals surface area contributed by atoms with Crippen molar-refractivity contribution < 1.29 is 9.59 Å². The van der Waals surface area contributed by atoms with Gasteiger partial charge in [0.2, 0.25) is 0 Å². The van der Waals surface area contributed by atoms with Crippen LogP contribution in [-0.2, 0) is 21.1 Å². The number of likely N-dealkylation sites (tertiary alicyclic amines) is 1. The average Bonchev–Trinajstić information content (AvgIpc) is 3.24. The van der Waals surface area contributed by atoms with E-state index >= 15 is 0 Å². The topological polar surface area (TPSA) is 67.2 Å². The largest absolute Gasteiger partial charge is 0.334 e. The molecule has 3 heterocycles. The molecule has 0 aliphatic carbocycles. The standard InChI is InChI=1S/C19H22N4O2S/c1-13-6-5-9-22(10-13)19(25)18(24)20-17-15-11-26-12-16(15)21-23(17)14-7-3-2-4-8-14/h2-4,7-8,13H,5-6,9-12H2,1H3,(H,20,24)/t13-/m0/s1. The first-order valence-corrected chi connectivity index (χ1v) is 10.1. The van der Waals surface area contributed by atoms with Gasteiger partial charge in [-0.3, -0.25) is 9.59 Å². The summed E-state index contributed by atoms with van der Waals surface area (Å²) in [5.74, 6) is 1.67. The number of aromatic nitrogens is 2. The molecule has 1 atom stereocenters. The molecule has 6 nitrogen and oxygen atoms in total. The van der Waals surface area contributed by atoms with Crippen LogP contribution < -0.4 is 5.32 Å². The third-order valence-corrected chi connectivity index (χ3v) is 5.89. The van der Waals surface area contributed by atoms with Crippen molar-refractivity contribution in [2.45, 2.75) is 31.3 Å². The molecule has 0 saturated carbocycles. The van der Waals surface area contributed by atoms with Gasteiger partial charge in [0.15, 0.2) is 0 Å². The van der Waals surface area contributed by atoms with Crippen molar-refractivity contribution in [3.63, 3.8) is 0 Å². The number of fused-ring (bicyclic) bond motifs is 1. The van der Waals surface area contributed by atoms with E-state index in [2.05, 4.69) is 17.3 Å². The normalized spacial score (nSPS) is 19.3. The van der Waals surface area contributed by atoms with Crippen LogP contribution in [0.1, 0.15) is 31.0 Å². The lowest BCUT2D eigenvalue weighted by Gasteiger charge is -2.30. The van der Waals surface area contributed by atoms with Crippen LogP contribution in [-0.4, -0.2) is 39.6 Å². The zero-order chi connectivity index (χ0) is 18.1. The molecule has 2 amide bonds. The molecular formula is C19H22N4O2S.